The minimum atomic E-state index is -3.19. The van der Waals surface area contributed by atoms with Crippen LogP contribution in [0.2, 0.25) is 5.02 Å². The van der Waals surface area contributed by atoms with Crippen LogP contribution in [0.25, 0.3) is 0 Å². The number of thioether (sulfide) groups is 1. The molecule has 0 unspecified atom stereocenters. The van der Waals surface area contributed by atoms with E-state index in [0.29, 0.717) is 32.9 Å². The van der Waals surface area contributed by atoms with Crippen molar-refractivity contribution < 1.29 is 22.7 Å². The highest BCUT2D eigenvalue weighted by molar-refractivity contribution is 8.16. The molecule has 7 nitrogen and oxygen atoms in total. The Balaban J connectivity index is 1.81. The number of hydrogen-bond acceptors (Lipinski definition) is 6. The van der Waals surface area contributed by atoms with Crippen molar-refractivity contribution in [2.75, 3.05) is 30.6 Å². The Morgan fingerprint density at radius 2 is 1.83 bits per heavy atom. The molecule has 2 heterocycles. The van der Waals surface area contributed by atoms with Crippen molar-refractivity contribution in [2.24, 2.45) is 4.99 Å². The van der Waals surface area contributed by atoms with Crippen LogP contribution in [-0.2, 0) is 9.84 Å². The molecule has 0 bridgehead atoms. The second-order valence-corrected chi connectivity index (χ2v) is 10.7. The number of amides is 1. The second kappa shape index (κ2) is 8.13. The Morgan fingerprint density at radius 1 is 1.13 bits per heavy atom. The van der Waals surface area contributed by atoms with Gasteiger partial charge in [-0.05, 0) is 18.2 Å². The Hall–Kier alpha value is -2.23. The molecule has 2 aliphatic rings. The predicted octanol–water partition coefficient (Wildman–Crippen LogP) is 3.27. The number of halogens is 1. The zero-order chi connectivity index (χ0) is 21.5. The highest BCUT2D eigenvalue weighted by Crippen LogP contribution is 2.46. The van der Waals surface area contributed by atoms with Crippen molar-refractivity contribution in [1.29, 1.82) is 0 Å². The van der Waals surface area contributed by atoms with Gasteiger partial charge in [-0.1, -0.05) is 41.6 Å². The van der Waals surface area contributed by atoms with Crippen LogP contribution in [0.15, 0.2) is 47.5 Å². The number of ether oxygens (including phenoxy) is 2. The molecule has 2 aromatic rings. The van der Waals surface area contributed by atoms with Gasteiger partial charge in [0.15, 0.2) is 15.0 Å². The maximum atomic E-state index is 12.7. The number of rotatable bonds is 4. The van der Waals surface area contributed by atoms with E-state index < -0.39 is 15.7 Å². The summed E-state index contributed by atoms with van der Waals surface area (Å²) in [6.45, 7) is 0. The molecule has 2 aromatic carbocycles. The van der Waals surface area contributed by atoms with Gasteiger partial charge in [0.25, 0.3) is 5.91 Å². The van der Waals surface area contributed by atoms with Crippen LogP contribution in [0.1, 0.15) is 10.4 Å². The van der Waals surface area contributed by atoms with E-state index in [1.54, 1.807) is 41.3 Å². The minimum absolute atomic E-state index is 0.0313. The van der Waals surface area contributed by atoms with Crippen molar-refractivity contribution in [3.05, 3.63) is 53.1 Å². The van der Waals surface area contributed by atoms with Gasteiger partial charge >= 0.3 is 0 Å². The van der Waals surface area contributed by atoms with Gasteiger partial charge in [0.05, 0.1) is 42.5 Å². The topological polar surface area (TPSA) is 85.3 Å². The van der Waals surface area contributed by atoms with Crippen LogP contribution in [0.3, 0.4) is 0 Å². The van der Waals surface area contributed by atoms with Gasteiger partial charge in [-0.2, -0.15) is 4.99 Å². The molecule has 0 N–H and O–H groups in total. The monoisotopic (exact) mass is 466 g/mol. The lowest BCUT2D eigenvalue weighted by atomic mass is 10.1. The lowest BCUT2D eigenvalue weighted by Gasteiger charge is -2.26. The third kappa shape index (κ3) is 3.89. The number of benzene rings is 2. The number of aliphatic imine (C=N–C) groups is 1. The molecule has 2 aliphatic heterocycles. The van der Waals surface area contributed by atoms with E-state index in [4.69, 9.17) is 21.1 Å². The number of anilines is 1. The van der Waals surface area contributed by atoms with E-state index in [-0.39, 0.29) is 22.8 Å². The summed E-state index contributed by atoms with van der Waals surface area (Å²) >= 11 is 7.64. The molecule has 158 valence electrons. The predicted molar refractivity (Wildman–Crippen MR) is 119 cm³/mol. The lowest BCUT2D eigenvalue weighted by molar-refractivity contribution is 0.100. The zero-order valence-corrected chi connectivity index (χ0v) is 18.6. The zero-order valence-electron chi connectivity index (χ0n) is 16.2. The fourth-order valence-corrected chi connectivity index (χ4v) is 7.75. The van der Waals surface area contributed by atoms with Gasteiger partial charge in [0.2, 0.25) is 0 Å². The Morgan fingerprint density at radius 3 is 2.50 bits per heavy atom. The molecule has 0 spiro atoms. The van der Waals surface area contributed by atoms with Crippen LogP contribution in [0.5, 0.6) is 11.5 Å². The first kappa shape index (κ1) is 21.0. The molecule has 10 heteroatoms. The number of carbonyl (C=O) groups is 1. The van der Waals surface area contributed by atoms with Crippen LogP contribution < -0.4 is 14.4 Å². The van der Waals surface area contributed by atoms with Crippen molar-refractivity contribution in [1.82, 2.24) is 0 Å². The van der Waals surface area contributed by atoms with Gasteiger partial charge in [0.1, 0.15) is 11.5 Å². The number of nitrogens with zero attached hydrogens (tertiary/aromatic N) is 2. The average molecular weight is 467 g/mol. The second-order valence-electron chi connectivity index (χ2n) is 6.89. The molecule has 0 saturated carbocycles. The number of amidine groups is 1. The van der Waals surface area contributed by atoms with Crippen LogP contribution in [0, 0.1) is 0 Å². The minimum Gasteiger partial charge on any atom is -0.495 e. The molecule has 4 rings (SSSR count). The number of hydrogen-bond donors (Lipinski definition) is 0. The van der Waals surface area contributed by atoms with Crippen molar-refractivity contribution >= 4 is 50.0 Å². The molecule has 0 aromatic heterocycles. The fourth-order valence-electron chi connectivity index (χ4n) is 3.61. The Labute approximate surface area is 183 Å². The third-order valence-electron chi connectivity index (χ3n) is 5.00. The lowest BCUT2D eigenvalue weighted by Crippen LogP contribution is -2.38. The fraction of sp³-hybridized carbons (Fsp3) is 0.300. The molecule has 2 fully saturated rings. The van der Waals surface area contributed by atoms with E-state index in [2.05, 4.69) is 4.99 Å². The maximum Gasteiger partial charge on any atom is 0.279 e. The summed E-state index contributed by atoms with van der Waals surface area (Å²) in [5.74, 6) is 0.476. The summed E-state index contributed by atoms with van der Waals surface area (Å²) in [5.41, 5.74) is 0.995. The third-order valence-corrected chi connectivity index (χ3v) is 8.50. The van der Waals surface area contributed by atoms with E-state index in [9.17, 15) is 13.2 Å². The van der Waals surface area contributed by atoms with Crippen molar-refractivity contribution in [2.45, 2.75) is 11.3 Å². The van der Waals surface area contributed by atoms with Gasteiger partial charge in [0, 0.05) is 16.9 Å². The smallest absolute Gasteiger partial charge is 0.279 e. The van der Waals surface area contributed by atoms with Crippen LogP contribution >= 0.6 is 23.4 Å². The number of fused-ring (bicyclic) bond motifs is 1. The quantitative estimate of drug-likeness (QED) is 0.683. The van der Waals surface area contributed by atoms with Crippen LogP contribution in [0.4, 0.5) is 5.69 Å². The van der Waals surface area contributed by atoms with Gasteiger partial charge < -0.3 is 14.4 Å². The summed E-state index contributed by atoms with van der Waals surface area (Å²) in [7, 11) is -0.193. The number of sulfone groups is 1. The van der Waals surface area contributed by atoms with E-state index in [0.717, 1.165) is 0 Å². The average Bonchev–Trinajstić information content (AvgIpc) is 3.19. The van der Waals surface area contributed by atoms with Crippen LogP contribution in [-0.4, -0.2) is 56.5 Å². The van der Waals surface area contributed by atoms with Crippen molar-refractivity contribution in [3.63, 3.8) is 0 Å². The Kier molecular flexibility index (Phi) is 5.69. The summed E-state index contributed by atoms with van der Waals surface area (Å²) in [6, 6.07) is 11.6. The molecule has 2 saturated heterocycles. The van der Waals surface area contributed by atoms with E-state index in [1.807, 2.05) is 6.07 Å². The largest absolute Gasteiger partial charge is 0.495 e. The first-order valence-electron chi connectivity index (χ1n) is 9.09. The van der Waals surface area contributed by atoms with E-state index >= 15 is 0 Å². The number of methoxy groups -OCH3 is 2. The number of carbonyl (C=O) groups excluding carboxylic acids is 1. The van der Waals surface area contributed by atoms with Gasteiger partial charge in [-0.25, -0.2) is 8.42 Å². The molecule has 1 amide bonds. The normalized spacial score (nSPS) is 23.4. The molecule has 2 atom stereocenters. The molecule has 30 heavy (non-hydrogen) atoms. The Bertz CT molecular complexity index is 1120. The summed E-state index contributed by atoms with van der Waals surface area (Å²) < 4.78 is 35.3. The van der Waals surface area contributed by atoms with Gasteiger partial charge in [-0.15, -0.1) is 0 Å². The highest BCUT2D eigenvalue weighted by Gasteiger charge is 2.50. The maximum absolute atomic E-state index is 12.7. The summed E-state index contributed by atoms with van der Waals surface area (Å²) in [6.07, 6.45) is 0. The standard InChI is InChI=1S/C20H19ClN2O5S2/c1-27-16-9-17(28-2)14(8-13(16)21)23-15-10-30(25,26)11-18(15)29-20(23)22-19(24)12-6-4-3-5-7-12/h3-9,15,18H,10-11H2,1-2H3/t15-,18+/m1/s1. The van der Waals surface area contributed by atoms with Gasteiger partial charge in [-0.3, -0.25) is 4.79 Å². The summed E-state index contributed by atoms with van der Waals surface area (Å²) in [4.78, 5) is 18.8. The SMILES string of the molecule is COc1cc(OC)c(N2C(=NC(=O)c3ccccc3)S[C@H]3CS(=O)(=O)C[C@H]32)cc1Cl. The summed E-state index contributed by atoms with van der Waals surface area (Å²) in [5, 5.41) is 0.535. The first-order chi connectivity index (χ1) is 14.3. The first-order valence-corrected chi connectivity index (χ1v) is 12.2. The molecule has 0 radical (unpaired) electrons. The molecular weight excluding hydrogens is 448 g/mol. The van der Waals surface area contributed by atoms with E-state index in [1.165, 1.54) is 26.0 Å². The highest BCUT2D eigenvalue weighted by atomic mass is 35.5. The molecular formula is C20H19ClN2O5S2. The molecule has 0 aliphatic carbocycles. The van der Waals surface area contributed by atoms with Crippen molar-refractivity contribution in [3.8, 4) is 11.5 Å².